The summed E-state index contributed by atoms with van der Waals surface area (Å²) in [4.78, 5) is 29.2. The van der Waals surface area contributed by atoms with E-state index in [0.29, 0.717) is 41.9 Å². The lowest BCUT2D eigenvalue weighted by Crippen LogP contribution is -2.43. The Balaban J connectivity index is 1.29. The summed E-state index contributed by atoms with van der Waals surface area (Å²) < 4.78 is 12.8. The second kappa shape index (κ2) is 8.33. The number of aromatic nitrogens is 6. The van der Waals surface area contributed by atoms with E-state index in [0.717, 1.165) is 54.2 Å². The predicted octanol–water partition coefficient (Wildman–Crippen LogP) is 2.42. The van der Waals surface area contributed by atoms with Crippen LogP contribution in [0.15, 0.2) is 35.8 Å². The molecule has 1 fully saturated rings. The standard InChI is InChI=1S/C24H24N8OS/c1-2-16-14-27-20(28-15-16)17-4-11-32(12-5-17)23-29-18-6-13-34(33)19(18)21(30-23)31-24(7-3-8-24)22-25-9-10-26-22/h1,4,9-10,14-15H,3,5-8,11-13H2,(H,25,26)(H,29,30,31)/t34-/m0/s1. The van der Waals surface area contributed by atoms with Gasteiger partial charge in [-0.3, -0.25) is 4.21 Å². The van der Waals surface area contributed by atoms with Crippen LogP contribution in [0.5, 0.6) is 0 Å². The van der Waals surface area contributed by atoms with Crippen molar-refractivity contribution in [3.05, 3.63) is 53.8 Å². The first-order valence-electron chi connectivity index (χ1n) is 11.5. The molecule has 0 spiro atoms. The summed E-state index contributed by atoms with van der Waals surface area (Å²) in [6.45, 7) is 1.40. The van der Waals surface area contributed by atoms with E-state index >= 15 is 0 Å². The Kier molecular flexibility index (Phi) is 5.14. The van der Waals surface area contributed by atoms with Crippen LogP contribution >= 0.6 is 0 Å². The number of rotatable bonds is 5. The van der Waals surface area contributed by atoms with Gasteiger partial charge in [0.15, 0.2) is 5.82 Å². The van der Waals surface area contributed by atoms with Crippen LogP contribution in [0, 0.1) is 12.3 Å². The molecule has 2 N–H and O–H groups in total. The molecule has 3 aliphatic rings. The van der Waals surface area contributed by atoms with E-state index in [2.05, 4.69) is 42.1 Å². The van der Waals surface area contributed by atoms with Crippen molar-refractivity contribution < 1.29 is 4.21 Å². The lowest BCUT2D eigenvalue weighted by Gasteiger charge is -2.41. The summed E-state index contributed by atoms with van der Waals surface area (Å²) >= 11 is 0. The van der Waals surface area contributed by atoms with Gasteiger partial charge in [0.05, 0.1) is 27.6 Å². The fourth-order valence-corrected chi connectivity index (χ4v) is 6.04. The molecule has 1 saturated carbocycles. The van der Waals surface area contributed by atoms with Crippen molar-refractivity contribution in [2.45, 2.75) is 42.5 Å². The summed E-state index contributed by atoms with van der Waals surface area (Å²) in [6.07, 6.45) is 19.0. The van der Waals surface area contributed by atoms with E-state index in [-0.39, 0.29) is 5.54 Å². The largest absolute Gasteiger partial charge is 0.356 e. The quantitative estimate of drug-likeness (QED) is 0.545. The second-order valence-electron chi connectivity index (χ2n) is 8.81. The molecule has 0 amide bonds. The molecular weight excluding hydrogens is 448 g/mol. The third-order valence-electron chi connectivity index (χ3n) is 6.79. The van der Waals surface area contributed by atoms with E-state index in [4.69, 9.17) is 16.4 Å². The van der Waals surface area contributed by atoms with Crippen molar-refractivity contribution in [3.8, 4) is 12.3 Å². The Morgan fingerprint density at radius 3 is 2.68 bits per heavy atom. The maximum absolute atomic E-state index is 12.8. The van der Waals surface area contributed by atoms with E-state index < -0.39 is 10.8 Å². The van der Waals surface area contributed by atoms with Gasteiger partial charge in [-0.2, -0.15) is 4.98 Å². The Morgan fingerprint density at radius 2 is 2.03 bits per heavy atom. The number of imidazole rings is 1. The molecule has 34 heavy (non-hydrogen) atoms. The molecule has 0 aromatic carbocycles. The lowest BCUT2D eigenvalue weighted by atomic mass is 9.76. The van der Waals surface area contributed by atoms with Crippen molar-refractivity contribution in [2.24, 2.45) is 0 Å². The smallest absolute Gasteiger partial charge is 0.227 e. The molecular formula is C24H24N8OS. The number of terminal acetylenes is 1. The minimum atomic E-state index is -1.09. The van der Waals surface area contributed by atoms with E-state index in [1.807, 2.05) is 6.20 Å². The van der Waals surface area contributed by atoms with Crippen molar-refractivity contribution in [1.29, 1.82) is 0 Å². The molecule has 10 heteroatoms. The highest BCUT2D eigenvalue weighted by atomic mass is 32.2. The normalized spacial score (nSPS) is 20.7. The molecule has 0 radical (unpaired) electrons. The van der Waals surface area contributed by atoms with Gasteiger partial charge in [0, 0.05) is 50.1 Å². The van der Waals surface area contributed by atoms with Gasteiger partial charge in [0.1, 0.15) is 16.5 Å². The third kappa shape index (κ3) is 3.56. The maximum Gasteiger partial charge on any atom is 0.227 e. The van der Waals surface area contributed by atoms with Crippen LogP contribution in [-0.4, -0.2) is 53.0 Å². The number of aryl methyl sites for hydroxylation is 1. The zero-order valence-electron chi connectivity index (χ0n) is 18.6. The topological polar surface area (TPSA) is 113 Å². The molecule has 1 aliphatic carbocycles. The highest BCUT2D eigenvalue weighted by Crippen LogP contribution is 2.44. The van der Waals surface area contributed by atoms with Crippen molar-refractivity contribution in [1.82, 2.24) is 29.9 Å². The minimum Gasteiger partial charge on any atom is -0.356 e. The highest BCUT2D eigenvalue weighted by Gasteiger charge is 2.43. The molecule has 0 saturated heterocycles. The number of hydrogen-bond donors (Lipinski definition) is 2. The van der Waals surface area contributed by atoms with Gasteiger partial charge >= 0.3 is 0 Å². The number of nitrogens with zero attached hydrogens (tertiary/aromatic N) is 6. The number of fused-ring (bicyclic) bond motifs is 1. The summed E-state index contributed by atoms with van der Waals surface area (Å²) in [5.41, 5.74) is 2.34. The van der Waals surface area contributed by atoms with Crippen LogP contribution < -0.4 is 10.2 Å². The molecule has 3 aromatic rings. The SMILES string of the molecule is C#Cc1cnc(C2=CCN(c3nc4c(c(NC5(c6ncc[nH]6)CCC5)n3)[S@@](=O)CC4)CC2)nc1. The molecule has 6 rings (SSSR count). The number of anilines is 2. The number of hydrogen-bond acceptors (Lipinski definition) is 8. The van der Waals surface area contributed by atoms with E-state index in [9.17, 15) is 4.21 Å². The maximum atomic E-state index is 12.8. The van der Waals surface area contributed by atoms with Crippen LogP contribution in [0.25, 0.3) is 5.57 Å². The Labute approximate surface area is 200 Å². The zero-order valence-corrected chi connectivity index (χ0v) is 19.4. The van der Waals surface area contributed by atoms with Gasteiger partial charge in [-0.05, 0) is 31.3 Å². The molecule has 3 aromatic heterocycles. The average Bonchev–Trinajstić information content (AvgIpc) is 3.52. The van der Waals surface area contributed by atoms with Gasteiger partial charge in [0.25, 0.3) is 0 Å². The van der Waals surface area contributed by atoms with E-state index in [1.165, 1.54) is 0 Å². The molecule has 172 valence electrons. The molecule has 0 bridgehead atoms. The average molecular weight is 473 g/mol. The Bertz CT molecular complexity index is 1320. The summed E-state index contributed by atoms with van der Waals surface area (Å²) in [5.74, 6) is 6.08. The first-order chi connectivity index (χ1) is 16.6. The van der Waals surface area contributed by atoms with Crippen molar-refractivity contribution in [2.75, 3.05) is 29.1 Å². The highest BCUT2D eigenvalue weighted by molar-refractivity contribution is 7.85. The van der Waals surface area contributed by atoms with Crippen LogP contribution in [0.1, 0.15) is 48.6 Å². The summed E-state index contributed by atoms with van der Waals surface area (Å²) in [7, 11) is -1.09. The molecule has 1 atom stereocenters. The fraction of sp³-hybridized carbons (Fsp3) is 0.375. The molecule has 0 unspecified atom stereocenters. The van der Waals surface area contributed by atoms with Crippen LogP contribution in [-0.2, 0) is 22.8 Å². The first-order valence-corrected chi connectivity index (χ1v) is 12.8. The van der Waals surface area contributed by atoms with Crippen molar-refractivity contribution in [3.63, 3.8) is 0 Å². The summed E-state index contributed by atoms with van der Waals surface area (Å²) in [5, 5.41) is 3.63. The number of aromatic amines is 1. The minimum absolute atomic E-state index is 0.299. The van der Waals surface area contributed by atoms with Crippen molar-refractivity contribution >= 4 is 28.1 Å². The van der Waals surface area contributed by atoms with Crippen LogP contribution in [0.3, 0.4) is 0 Å². The lowest BCUT2D eigenvalue weighted by molar-refractivity contribution is 0.268. The first kappa shape index (κ1) is 21.0. The molecule has 5 heterocycles. The zero-order chi connectivity index (χ0) is 23.1. The number of H-pyrrole nitrogens is 1. The van der Waals surface area contributed by atoms with Gasteiger partial charge < -0.3 is 15.2 Å². The Hall–Kier alpha value is -3.58. The van der Waals surface area contributed by atoms with Crippen LogP contribution in [0.2, 0.25) is 0 Å². The van der Waals surface area contributed by atoms with Gasteiger partial charge in [-0.1, -0.05) is 12.0 Å². The fourth-order valence-electron chi connectivity index (χ4n) is 4.74. The monoisotopic (exact) mass is 472 g/mol. The summed E-state index contributed by atoms with van der Waals surface area (Å²) in [6, 6.07) is 0. The van der Waals surface area contributed by atoms with Gasteiger partial charge in [0.2, 0.25) is 5.95 Å². The third-order valence-corrected chi connectivity index (χ3v) is 8.25. The van der Waals surface area contributed by atoms with Crippen LogP contribution in [0.4, 0.5) is 11.8 Å². The molecule has 9 nitrogen and oxygen atoms in total. The second-order valence-corrected chi connectivity index (χ2v) is 10.3. The predicted molar refractivity (Wildman–Crippen MR) is 130 cm³/mol. The van der Waals surface area contributed by atoms with Gasteiger partial charge in [-0.15, -0.1) is 6.42 Å². The Morgan fingerprint density at radius 1 is 1.18 bits per heavy atom. The number of nitrogens with one attached hydrogen (secondary N) is 2. The van der Waals surface area contributed by atoms with Gasteiger partial charge in [-0.25, -0.2) is 19.9 Å². The molecule has 2 aliphatic heterocycles. The van der Waals surface area contributed by atoms with E-state index in [1.54, 1.807) is 18.6 Å².